The van der Waals surface area contributed by atoms with Gasteiger partial charge < -0.3 is 9.47 Å². The average molecular weight is 386 g/mol. The molecule has 1 aliphatic heterocycles. The van der Waals surface area contributed by atoms with Crippen molar-refractivity contribution < 1.29 is 9.47 Å². The second-order valence-electron chi connectivity index (χ2n) is 7.63. The minimum absolute atomic E-state index is 0.0276. The summed E-state index contributed by atoms with van der Waals surface area (Å²) < 4.78 is 11.6. The average Bonchev–Trinajstić information content (AvgIpc) is 2.73. The Hall–Kier alpha value is -2.91. The SMILES string of the molecule is COC(C)c1c(C)cc2c(C)cccc2c1-c1ccc2cc(ccnc1)CCO2. The number of benzene rings is 2. The second-order valence-corrected chi connectivity index (χ2v) is 7.63. The van der Waals surface area contributed by atoms with Gasteiger partial charge in [0.25, 0.3) is 0 Å². The minimum Gasteiger partial charge on any atom is -0.493 e. The molecule has 0 saturated heterocycles. The van der Waals surface area contributed by atoms with Gasteiger partial charge in [0.2, 0.25) is 0 Å². The number of methoxy groups -OCH3 is 1. The molecule has 1 atom stereocenters. The van der Waals surface area contributed by atoms with Crippen molar-refractivity contribution in [2.45, 2.75) is 33.3 Å². The topological polar surface area (TPSA) is 31.4 Å². The van der Waals surface area contributed by atoms with Crippen LogP contribution in [-0.2, 0) is 11.2 Å². The van der Waals surface area contributed by atoms with Gasteiger partial charge in [-0.05, 0) is 83.6 Å². The Labute approximate surface area is 172 Å². The van der Waals surface area contributed by atoms with Crippen molar-refractivity contribution >= 4 is 10.8 Å². The summed E-state index contributed by atoms with van der Waals surface area (Å²) in [5, 5.41) is 2.48. The molecule has 0 amide bonds. The summed E-state index contributed by atoms with van der Waals surface area (Å²) in [5.41, 5.74) is 7.15. The highest BCUT2D eigenvalue weighted by molar-refractivity contribution is 6.00. The van der Waals surface area contributed by atoms with Gasteiger partial charge in [0.05, 0.1) is 12.7 Å². The van der Waals surface area contributed by atoms with E-state index < -0.39 is 0 Å². The molecule has 1 aliphatic rings. The smallest absolute Gasteiger partial charge is 0.119 e. The molecule has 2 bridgehead atoms. The molecular formula is C26H27NO2. The lowest BCUT2D eigenvalue weighted by atomic mass is 9.87. The number of aromatic nitrogens is 1. The van der Waals surface area contributed by atoms with Crippen LogP contribution in [0.3, 0.4) is 0 Å². The van der Waals surface area contributed by atoms with Gasteiger partial charge in [-0.2, -0.15) is 0 Å². The molecule has 1 aromatic heterocycles. The molecule has 0 N–H and O–H groups in total. The van der Waals surface area contributed by atoms with E-state index in [0.717, 1.165) is 17.7 Å². The first kappa shape index (κ1) is 19.4. The van der Waals surface area contributed by atoms with E-state index in [9.17, 15) is 0 Å². The highest BCUT2D eigenvalue weighted by Gasteiger charge is 2.18. The van der Waals surface area contributed by atoms with E-state index in [1.54, 1.807) is 7.11 Å². The Morgan fingerprint density at radius 3 is 2.69 bits per heavy atom. The Morgan fingerprint density at radius 2 is 1.86 bits per heavy atom. The lowest BCUT2D eigenvalue weighted by molar-refractivity contribution is 0.119. The van der Waals surface area contributed by atoms with Crippen LogP contribution in [0, 0.1) is 13.8 Å². The van der Waals surface area contributed by atoms with Crippen molar-refractivity contribution in [3.05, 3.63) is 83.2 Å². The molecule has 0 spiro atoms. The van der Waals surface area contributed by atoms with Crippen LogP contribution in [0.4, 0.5) is 0 Å². The molecule has 2 heterocycles. The van der Waals surface area contributed by atoms with E-state index in [4.69, 9.17) is 9.47 Å². The van der Waals surface area contributed by atoms with Crippen molar-refractivity contribution in [3.8, 4) is 16.9 Å². The van der Waals surface area contributed by atoms with Gasteiger partial charge in [0, 0.05) is 31.5 Å². The third kappa shape index (κ3) is 3.83. The van der Waals surface area contributed by atoms with Crippen LogP contribution in [0.1, 0.15) is 35.3 Å². The summed E-state index contributed by atoms with van der Waals surface area (Å²) >= 11 is 0. The van der Waals surface area contributed by atoms with Crippen LogP contribution in [0.25, 0.3) is 21.9 Å². The van der Waals surface area contributed by atoms with E-state index in [-0.39, 0.29) is 6.10 Å². The summed E-state index contributed by atoms with van der Waals surface area (Å²) in [5.74, 6) is 0.887. The molecule has 2 aromatic carbocycles. The van der Waals surface area contributed by atoms with Crippen molar-refractivity contribution in [1.29, 1.82) is 0 Å². The van der Waals surface area contributed by atoms with Gasteiger partial charge in [-0.3, -0.25) is 4.98 Å². The molecule has 3 nitrogen and oxygen atoms in total. The van der Waals surface area contributed by atoms with Gasteiger partial charge in [0.15, 0.2) is 0 Å². The first-order chi connectivity index (χ1) is 14.1. The molecule has 148 valence electrons. The Morgan fingerprint density at radius 1 is 1.00 bits per heavy atom. The number of hydrogen-bond acceptors (Lipinski definition) is 3. The molecule has 0 aliphatic carbocycles. The van der Waals surface area contributed by atoms with Crippen LogP contribution >= 0.6 is 0 Å². The quantitative estimate of drug-likeness (QED) is 0.531. The lowest BCUT2D eigenvalue weighted by Gasteiger charge is -2.21. The predicted octanol–water partition coefficient (Wildman–Crippen LogP) is 6.29. The maximum absolute atomic E-state index is 5.83. The van der Waals surface area contributed by atoms with Gasteiger partial charge in [-0.25, -0.2) is 0 Å². The van der Waals surface area contributed by atoms with E-state index >= 15 is 0 Å². The van der Waals surface area contributed by atoms with Gasteiger partial charge >= 0.3 is 0 Å². The Bertz CT molecular complexity index is 1120. The fourth-order valence-corrected chi connectivity index (χ4v) is 4.12. The molecule has 29 heavy (non-hydrogen) atoms. The number of nitrogens with zero attached hydrogens (tertiary/aromatic N) is 1. The number of aryl methyl sites for hydroxylation is 2. The van der Waals surface area contributed by atoms with E-state index in [0.29, 0.717) is 6.61 Å². The standard InChI is InChI=1S/C26H27NO2/c1-17-6-5-7-23-24(17)14-18(2)25(19(3)28-4)26(23)21-8-9-22-15-20(11-13-29-22)10-12-27-16-21/h5-10,12,14-16,19H,11,13H2,1-4H3. The minimum atomic E-state index is -0.0276. The van der Waals surface area contributed by atoms with E-state index in [2.05, 4.69) is 68.2 Å². The van der Waals surface area contributed by atoms with Crippen molar-refractivity contribution in [3.63, 3.8) is 0 Å². The highest BCUT2D eigenvalue weighted by atomic mass is 16.5. The number of fused-ring (bicyclic) bond motifs is 3. The van der Waals surface area contributed by atoms with Crippen molar-refractivity contribution in [1.82, 2.24) is 4.98 Å². The lowest BCUT2D eigenvalue weighted by Crippen LogP contribution is -2.05. The fourth-order valence-electron chi connectivity index (χ4n) is 4.12. The summed E-state index contributed by atoms with van der Waals surface area (Å²) in [4.78, 5) is 4.60. The summed E-state index contributed by atoms with van der Waals surface area (Å²) in [7, 11) is 1.76. The van der Waals surface area contributed by atoms with Crippen molar-refractivity contribution in [2.75, 3.05) is 13.7 Å². The zero-order chi connectivity index (χ0) is 20.4. The zero-order valence-electron chi connectivity index (χ0n) is 17.5. The third-order valence-electron chi connectivity index (χ3n) is 5.70. The molecule has 0 fully saturated rings. The van der Waals surface area contributed by atoms with Crippen LogP contribution in [0.2, 0.25) is 0 Å². The Balaban J connectivity index is 2.08. The Kier molecular flexibility index (Phi) is 5.50. The van der Waals surface area contributed by atoms with Crippen LogP contribution in [0.15, 0.2) is 60.9 Å². The largest absolute Gasteiger partial charge is 0.493 e. The predicted molar refractivity (Wildman–Crippen MR) is 119 cm³/mol. The second kappa shape index (κ2) is 8.22. The number of ether oxygens (including phenoxy) is 2. The monoisotopic (exact) mass is 385 g/mol. The van der Waals surface area contributed by atoms with Crippen molar-refractivity contribution in [2.24, 2.45) is 0 Å². The fraction of sp³-hybridized carbons (Fsp3) is 0.269. The molecule has 4 rings (SSSR count). The van der Waals surface area contributed by atoms with E-state index in [1.807, 2.05) is 18.5 Å². The summed E-state index contributed by atoms with van der Waals surface area (Å²) in [6.45, 7) is 7.12. The first-order valence-corrected chi connectivity index (χ1v) is 10.1. The number of rotatable bonds is 3. The van der Waals surface area contributed by atoms with Gasteiger partial charge in [0.1, 0.15) is 5.75 Å². The maximum Gasteiger partial charge on any atom is 0.119 e. The molecule has 0 radical (unpaired) electrons. The van der Waals surface area contributed by atoms with Gasteiger partial charge in [-0.1, -0.05) is 24.3 Å². The highest BCUT2D eigenvalue weighted by Crippen LogP contribution is 2.39. The van der Waals surface area contributed by atoms with Crippen LogP contribution < -0.4 is 4.74 Å². The molecule has 0 saturated carbocycles. The third-order valence-corrected chi connectivity index (χ3v) is 5.70. The number of hydrogen-bond donors (Lipinski definition) is 0. The normalized spacial score (nSPS) is 13.5. The molecule has 3 aromatic rings. The zero-order valence-corrected chi connectivity index (χ0v) is 17.5. The summed E-state index contributed by atoms with van der Waals surface area (Å²) in [6.07, 6.45) is 4.70. The van der Waals surface area contributed by atoms with Gasteiger partial charge in [-0.15, -0.1) is 0 Å². The van der Waals surface area contributed by atoms with E-state index in [1.165, 1.54) is 38.6 Å². The first-order valence-electron chi connectivity index (χ1n) is 10.1. The van der Waals surface area contributed by atoms with Crippen LogP contribution in [0.5, 0.6) is 5.75 Å². The molecule has 1 unspecified atom stereocenters. The summed E-state index contributed by atoms with van der Waals surface area (Å²) in [6, 6.07) is 17.0. The molecule has 3 heteroatoms. The molecular weight excluding hydrogens is 358 g/mol. The van der Waals surface area contributed by atoms with Crippen LogP contribution in [-0.4, -0.2) is 18.7 Å². The maximum atomic E-state index is 5.83.